The van der Waals surface area contributed by atoms with Crippen molar-refractivity contribution >= 4 is 11.4 Å². The number of anilines is 1. The van der Waals surface area contributed by atoms with E-state index in [4.69, 9.17) is 0 Å². The lowest BCUT2D eigenvalue weighted by atomic mass is 9.96. The van der Waals surface area contributed by atoms with Crippen LogP contribution < -0.4 is 5.32 Å². The van der Waals surface area contributed by atoms with E-state index in [1.54, 1.807) is 0 Å². The molecule has 2 rings (SSSR count). The van der Waals surface area contributed by atoms with Gasteiger partial charge in [0.1, 0.15) is 5.76 Å². The van der Waals surface area contributed by atoms with Crippen LogP contribution in [0.2, 0.25) is 0 Å². The van der Waals surface area contributed by atoms with Gasteiger partial charge in [0.05, 0.1) is 0 Å². The van der Waals surface area contributed by atoms with Gasteiger partial charge >= 0.3 is 0 Å². The van der Waals surface area contributed by atoms with Crippen molar-refractivity contribution in [2.45, 2.75) is 51.2 Å². The van der Waals surface area contributed by atoms with Gasteiger partial charge in [0.2, 0.25) is 0 Å². The molecule has 0 saturated carbocycles. The Morgan fingerprint density at radius 2 is 1.84 bits per heavy atom. The van der Waals surface area contributed by atoms with Gasteiger partial charge in [0.15, 0.2) is 5.72 Å². The first kappa shape index (κ1) is 13.9. The third-order valence-electron chi connectivity index (χ3n) is 3.59. The zero-order valence-electron chi connectivity index (χ0n) is 11.5. The molecule has 3 N–H and O–H groups in total. The van der Waals surface area contributed by atoms with E-state index >= 15 is 0 Å². The van der Waals surface area contributed by atoms with Gasteiger partial charge in [-0.05, 0) is 25.0 Å². The van der Waals surface area contributed by atoms with Crippen LogP contribution in [0.5, 0.6) is 0 Å². The maximum absolute atomic E-state index is 10.5. The smallest absolute Gasteiger partial charge is 0.158 e. The largest absolute Gasteiger partial charge is 0.507 e. The molecule has 1 aliphatic heterocycles. The third kappa shape index (κ3) is 3.51. The summed E-state index contributed by atoms with van der Waals surface area (Å²) in [4.78, 5) is 0. The Morgan fingerprint density at radius 3 is 2.63 bits per heavy atom. The van der Waals surface area contributed by atoms with Gasteiger partial charge in [-0.2, -0.15) is 0 Å². The summed E-state index contributed by atoms with van der Waals surface area (Å²) in [5.74, 6) is 0.158. The standard InChI is InChI=1S/C16H23NO2/c1-2-3-4-5-8-11-16(19)12-15(18)13-9-6-7-10-14(13)17-16/h6-7,9-10,12,17-19H,2-5,8,11H2,1H3. The Kier molecular flexibility index (Phi) is 4.48. The molecule has 0 saturated heterocycles. The van der Waals surface area contributed by atoms with Gasteiger partial charge in [0, 0.05) is 17.3 Å². The molecule has 1 atom stereocenters. The fourth-order valence-corrected chi connectivity index (χ4v) is 2.52. The van der Waals surface area contributed by atoms with Crippen LogP contribution >= 0.6 is 0 Å². The van der Waals surface area contributed by atoms with E-state index in [2.05, 4.69) is 12.2 Å². The van der Waals surface area contributed by atoms with Crippen LogP contribution in [0, 0.1) is 0 Å². The molecule has 0 spiro atoms. The SMILES string of the molecule is CCCCCCCC1(O)C=C(O)c2ccccc2N1. The van der Waals surface area contributed by atoms with Gasteiger partial charge < -0.3 is 15.5 Å². The van der Waals surface area contributed by atoms with Crippen molar-refractivity contribution in [3.63, 3.8) is 0 Å². The van der Waals surface area contributed by atoms with Crippen LogP contribution in [0.1, 0.15) is 51.0 Å². The average Bonchev–Trinajstić information content (AvgIpc) is 2.38. The number of hydrogen-bond acceptors (Lipinski definition) is 3. The van der Waals surface area contributed by atoms with Crippen molar-refractivity contribution in [1.82, 2.24) is 0 Å². The molecule has 0 amide bonds. The van der Waals surface area contributed by atoms with Gasteiger partial charge in [-0.3, -0.25) is 0 Å². The van der Waals surface area contributed by atoms with Crippen LogP contribution in [0.15, 0.2) is 30.3 Å². The minimum absolute atomic E-state index is 0.158. The highest BCUT2D eigenvalue weighted by atomic mass is 16.3. The van der Waals surface area contributed by atoms with E-state index in [1.807, 2.05) is 24.3 Å². The van der Waals surface area contributed by atoms with Crippen molar-refractivity contribution in [1.29, 1.82) is 0 Å². The van der Waals surface area contributed by atoms with Gasteiger partial charge in [-0.1, -0.05) is 44.7 Å². The minimum atomic E-state index is -1.12. The average molecular weight is 261 g/mol. The Bertz CT molecular complexity index is 456. The van der Waals surface area contributed by atoms with E-state index in [9.17, 15) is 10.2 Å². The topological polar surface area (TPSA) is 52.5 Å². The monoisotopic (exact) mass is 261 g/mol. The summed E-state index contributed by atoms with van der Waals surface area (Å²) < 4.78 is 0. The molecule has 0 aromatic heterocycles. The van der Waals surface area contributed by atoms with E-state index in [1.165, 1.54) is 25.3 Å². The first-order chi connectivity index (χ1) is 9.14. The summed E-state index contributed by atoms with van der Waals surface area (Å²) in [7, 11) is 0. The first-order valence-electron chi connectivity index (χ1n) is 7.16. The molecule has 1 aliphatic rings. The lowest BCUT2D eigenvalue weighted by Crippen LogP contribution is -2.38. The number of benzene rings is 1. The Morgan fingerprint density at radius 1 is 1.11 bits per heavy atom. The second-order valence-corrected chi connectivity index (χ2v) is 5.29. The number of nitrogens with one attached hydrogen (secondary N) is 1. The summed E-state index contributed by atoms with van der Waals surface area (Å²) >= 11 is 0. The molecule has 19 heavy (non-hydrogen) atoms. The third-order valence-corrected chi connectivity index (χ3v) is 3.59. The summed E-state index contributed by atoms with van der Waals surface area (Å²) in [6.45, 7) is 2.19. The molecule has 1 aromatic rings. The van der Waals surface area contributed by atoms with Crippen LogP contribution in [-0.2, 0) is 0 Å². The predicted octanol–water partition coefficient (Wildman–Crippen LogP) is 4.06. The summed E-state index contributed by atoms with van der Waals surface area (Å²) in [5.41, 5.74) is 0.418. The number of aliphatic hydroxyl groups excluding tert-OH is 1. The van der Waals surface area contributed by atoms with Crippen LogP contribution in [-0.4, -0.2) is 15.9 Å². The van der Waals surface area contributed by atoms with Crippen molar-refractivity contribution in [3.05, 3.63) is 35.9 Å². The fourth-order valence-electron chi connectivity index (χ4n) is 2.52. The van der Waals surface area contributed by atoms with E-state index in [-0.39, 0.29) is 5.76 Å². The zero-order chi connectivity index (χ0) is 13.7. The van der Waals surface area contributed by atoms with E-state index in [0.29, 0.717) is 6.42 Å². The van der Waals surface area contributed by atoms with E-state index < -0.39 is 5.72 Å². The molecule has 3 nitrogen and oxygen atoms in total. The fraction of sp³-hybridized carbons (Fsp3) is 0.500. The van der Waals surface area contributed by atoms with Crippen LogP contribution in [0.3, 0.4) is 0 Å². The quantitative estimate of drug-likeness (QED) is 0.677. The molecular weight excluding hydrogens is 238 g/mol. The molecular formula is C16H23NO2. The minimum Gasteiger partial charge on any atom is -0.507 e. The second kappa shape index (κ2) is 6.11. The molecule has 1 heterocycles. The normalized spacial score (nSPS) is 21.5. The van der Waals surface area contributed by atoms with Crippen LogP contribution in [0.25, 0.3) is 5.76 Å². The highest BCUT2D eigenvalue weighted by molar-refractivity contribution is 5.76. The molecule has 0 radical (unpaired) electrons. The van der Waals surface area contributed by atoms with Gasteiger partial charge in [-0.15, -0.1) is 0 Å². The number of unbranched alkanes of at least 4 members (excludes halogenated alkanes) is 4. The van der Waals surface area contributed by atoms with Gasteiger partial charge in [-0.25, -0.2) is 0 Å². The Balaban J connectivity index is 1.97. The molecule has 1 aromatic carbocycles. The maximum atomic E-state index is 10.5. The van der Waals surface area contributed by atoms with Crippen molar-refractivity contribution in [2.24, 2.45) is 0 Å². The predicted molar refractivity (Wildman–Crippen MR) is 79.0 cm³/mol. The van der Waals surface area contributed by atoms with Crippen molar-refractivity contribution in [3.8, 4) is 0 Å². The number of rotatable bonds is 6. The highest BCUT2D eigenvalue weighted by Gasteiger charge is 2.29. The number of para-hydroxylation sites is 1. The zero-order valence-corrected chi connectivity index (χ0v) is 11.5. The molecule has 0 bridgehead atoms. The Labute approximate surface area is 115 Å². The second-order valence-electron chi connectivity index (χ2n) is 5.29. The van der Waals surface area contributed by atoms with Gasteiger partial charge in [0.25, 0.3) is 0 Å². The summed E-state index contributed by atoms with van der Waals surface area (Å²) in [6, 6.07) is 7.49. The van der Waals surface area contributed by atoms with Crippen LogP contribution in [0.4, 0.5) is 5.69 Å². The Hall–Kier alpha value is -1.48. The lowest BCUT2D eigenvalue weighted by Gasteiger charge is -2.32. The van der Waals surface area contributed by atoms with Crippen molar-refractivity contribution in [2.75, 3.05) is 5.32 Å². The summed E-state index contributed by atoms with van der Waals surface area (Å²) in [6.07, 6.45) is 7.89. The number of hydrogen-bond donors (Lipinski definition) is 3. The highest BCUT2D eigenvalue weighted by Crippen LogP contribution is 2.33. The first-order valence-corrected chi connectivity index (χ1v) is 7.16. The molecule has 1 unspecified atom stereocenters. The molecule has 104 valence electrons. The van der Waals surface area contributed by atoms with Crippen molar-refractivity contribution < 1.29 is 10.2 Å². The molecule has 0 fully saturated rings. The molecule has 0 aliphatic carbocycles. The number of fused-ring (bicyclic) bond motifs is 1. The van der Waals surface area contributed by atoms with E-state index in [0.717, 1.165) is 24.1 Å². The molecule has 3 heteroatoms. The number of aliphatic hydroxyl groups is 2. The maximum Gasteiger partial charge on any atom is 0.158 e. The summed E-state index contributed by atoms with van der Waals surface area (Å²) in [5, 5.41) is 23.6. The lowest BCUT2D eigenvalue weighted by molar-refractivity contribution is 0.105.